The van der Waals surface area contributed by atoms with Crippen LogP contribution in [-0.4, -0.2) is 84.5 Å². The van der Waals surface area contributed by atoms with E-state index in [9.17, 15) is 39.2 Å². The summed E-state index contributed by atoms with van der Waals surface area (Å²) in [4.78, 5) is 73.6. The zero-order chi connectivity index (χ0) is 36.4. The predicted molar refractivity (Wildman–Crippen MR) is 172 cm³/mol. The molecule has 0 fully saturated rings. The molecule has 16 nitrogen and oxygen atoms in total. The van der Waals surface area contributed by atoms with E-state index < -0.39 is 65.8 Å². The normalized spacial score (nSPS) is 13.2. The van der Waals surface area contributed by atoms with Gasteiger partial charge in [0.2, 0.25) is 0 Å². The zero-order valence-electron chi connectivity index (χ0n) is 27.5. The topological polar surface area (TPSA) is 202 Å². The van der Waals surface area contributed by atoms with Gasteiger partial charge in [0.05, 0.1) is 12.0 Å². The zero-order valence-corrected chi connectivity index (χ0v) is 28.3. The van der Waals surface area contributed by atoms with E-state index in [1.807, 2.05) is 0 Å². The Morgan fingerprint density at radius 1 is 0.796 bits per heavy atom. The number of rotatable bonds is 15. The van der Waals surface area contributed by atoms with Crippen molar-refractivity contribution in [1.82, 2.24) is 0 Å². The number of aromatic hydroxyl groups is 1. The summed E-state index contributed by atoms with van der Waals surface area (Å²) < 4.78 is 28.4. The first kappa shape index (κ1) is 37.9. The maximum absolute atomic E-state index is 12.4. The van der Waals surface area contributed by atoms with Crippen LogP contribution in [0.25, 0.3) is 16.1 Å². The number of esters is 5. The largest absolute Gasteiger partial charge is 0.476 e. The van der Waals surface area contributed by atoms with E-state index in [-0.39, 0.29) is 18.1 Å². The number of aromatic nitrogens is 1. The molecule has 0 bridgehead atoms. The van der Waals surface area contributed by atoms with Crippen LogP contribution in [0.15, 0.2) is 54.6 Å². The first-order valence-corrected chi connectivity index (χ1v) is 15.5. The number of nitro benzene ring substituents is 1. The van der Waals surface area contributed by atoms with Crippen LogP contribution in [0, 0.1) is 10.1 Å². The van der Waals surface area contributed by atoms with Crippen molar-refractivity contribution in [1.29, 1.82) is 0 Å². The highest BCUT2D eigenvalue weighted by Gasteiger charge is 2.46. The van der Waals surface area contributed by atoms with E-state index >= 15 is 0 Å². The highest BCUT2D eigenvalue weighted by molar-refractivity contribution is 7.18. The van der Waals surface area contributed by atoms with Crippen molar-refractivity contribution < 1.29 is 62.3 Å². The minimum Gasteiger partial charge on any atom is -0.476 e. The second-order valence-electron chi connectivity index (χ2n) is 10.6. The van der Waals surface area contributed by atoms with Gasteiger partial charge in [-0.25, -0.2) is 0 Å². The lowest BCUT2D eigenvalue weighted by Gasteiger charge is -2.35. The number of non-ortho nitro benzene ring substituents is 1. The average molecular weight is 703 g/mol. The summed E-state index contributed by atoms with van der Waals surface area (Å²) >= 11 is 1.13. The van der Waals surface area contributed by atoms with Crippen LogP contribution < -0.4 is 9.47 Å². The molecule has 0 spiro atoms. The number of hydrogen-bond donors (Lipinski definition) is 1. The molecule has 1 aromatic heterocycles. The Hall–Kier alpha value is -5.58. The molecule has 0 saturated carbocycles. The lowest BCUT2D eigenvalue weighted by atomic mass is 10.0. The number of nitro groups is 1. The number of hydrogen-bond acceptors (Lipinski definition) is 15. The summed E-state index contributed by atoms with van der Waals surface area (Å²) in [6.07, 6.45) is -6.19. The highest BCUT2D eigenvalue weighted by atomic mass is 32.1. The molecule has 17 heteroatoms. The fraction of sp³-hybridized carbons (Fsp3) is 0.375. The molecule has 0 amide bonds. The fourth-order valence-electron chi connectivity index (χ4n) is 4.83. The predicted octanol–water partition coefficient (Wildman–Crippen LogP) is 3.03. The van der Waals surface area contributed by atoms with Gasteiger partial charge in [0.1, 0.15) is 23.7 Å². The Balaban J connectivity index is 2.18. The molecule has 49 heavy (non-hydrogen) atoms. The molecular weight excluding hydrogens is 666 g/mol. The Kier molecular flexibility index (Phi) is 13.1. The van der Waals surface area contributed by atoms with Crippen LogP contribution >= 0.6 is 11.3 Å². The molecule has 2 aromatic carbocycles. The van der Waals surface area contributed by atoms with Gasteiger partial charge in [0.25, 0.3) is 5.69 Å². The van der Waals surface area contributed by atoms with Gasteiger partial charge < -0.3 is 28.8 Å². The molecule has 0 unspecified atom stereocenters. The monoisotopic (exact) mass is 702 g/mol. The fourth-order valence-corrected chi connectivity index (χ4v) is 5.96. The summed E-state index contributed by atoms with van der Waals surface area (Å²) in [6.45, 7) is 4.49. The van der Waals surface area contributed by atoms with Crippen molar-refractivity contribution in [3.63, 3.8) is 0 Å². The third-order valence-corrected chi connectivity index (χ3v) is 7.98. The van der Waals surface area contributed by atoms with Crippen molar-refractivity contribution in [3.8, 4) is 22.0 Å². The van der Waals surface area contributed by atoms with Crippen molar-refractivity contribution in [3.05, 3.63) is 64.7 Å². The first-order chi connectivity index (χ1) is 23.1. The van der Waals surface area contributed by atoms with E-state index in [1.165, 1.54) is 28.8 Å². The highest BCUT2D eigenvalue weighted by Crippen LogP contribution is 2.39. The molecule has 3 rings (SSSR count). The minimum atomic E-state index is -1.64. The van der Waals surface area contributed by atoms with E-state index in [2.05, 4.69) is 0 Å². The van der Waals surface area contributed by atoms with Crippen molar-refractivity contribution in [2.24, 2.45) is 0 Å². The van der Waals surface area contributed by atoms with Gasteiger partial charge >= 0.3 is 40.9 Å². The maximum atomic E-state index is 12.4. The SMILES string of the molecule is CC(=O)OC[C@@H](OC(C)=O)[C@@H](OC(C)=O)[C@H](OC(C)=O)[C@H](CN(C)c1sc(-c2ccccc2)c(O)[n+]1-c1ccc([N+](=O)[O-])cc1)OC(C)=O. The van der Waals surface area contributed by atoms with E-state index in [0.717, 1.165) is 46.0 Å². The average Bonchev–Trinajstić information content (AvgIpc) is 3.37. The smallest absolute Gasteiger partial charge is 0.344 e. The summed E-state index contributed by atoms with van der Waals surface area (Å²) in [5, 5.41) is 23.2. The van der Waals surface area contributed by atoms with Crippen molar-refractivity contribution in [2.45, 2.75) is 59.0 Å². The molecule has 0 radical (unpaired) electrons. The van der Waals surface area contributed by atoms with Crippen LogP contribution in [0.4, 0.5) is 10.8 Å². The number of likely N-dealkylation sites (N-methyl/N-ethyl adjacent to an activating group) is 1. The van der Waals surface area contributed by atoms with E-state index in [1.54, 1.807) is 42.3 Å². The first-order valence-electron chi connectivity index (χ1n) is 14.7. The van der Waals surface area contributed by atoms with E-state index in [4.69, 9.17) is 23.7 Å². The second-order valence-corrected chi connectivity index (χ2v) is 11.6. The molecule has 1 heterocycles. The molecule has 262 valence electrons. The molecule has 0 aliphatic rings. The lowest BCUT2D eigenvalue weighted by Crippen LogP contribution is -2.56. The molecular formula is C32H36N3O13S+. The standard InChI is InChI=1S/C32H35N3O13S/c1-18(36)44-17-27(46-20(3)38)29(48-22(5)40)28(47-21(4)39)26(45-19(2)37)16-33(6)32-34(24-12-14-25(15-13-24)35(42)43)31(41)30(49-32)23-10-8-7-9-11-23/h7-15,26-29H,16-17H2,1-6H3/p+1/t26-,27+,28+,29+/m0/s1. The van der Waals surface area contributed by atoms with Crippen LogP contribution in [0.5, 0.6) is 5.88 Å². The molecule has 3 aromatic rings. The number of anilines is 1. The van der Waals surface area contributed by atoms with Crippen LogP contribution in [0.1, 0.15) is 34.6 Å². The molecule has 0 saturated heterocycles. The Morgan fingerprint density at radius 2 is 1.31 bits per heavy atom. The number of carbonyl (C=O) groups excluding carboxylic acids is 5. The number of carbonyl (C=O) groups is 5. The van der Waals surface area contributed by atoms with Crippen molar-refractivity contribution in [2.75, 3.05) is 25.1 Å². The Morgan fingerprint density at radius 3 is 1.80 bits per heavy atom. The Labute approximate surface area is 284 Å². The Bertz CT molecular complexity index is 1680. The maximum Gasteiger partial charge on any atom is 0.344 e. The summed E-state index contributed by atoms with van der Waals surface area (Å²) in [5.41, 5.74) is 0.821. The third kappa shape index (κ3) is 10.5. The number of ether oxygens (including phenoxy) is 5. The van der Waals surface area contributed by atoms with Gasteiger partial charge in [-0.3, -0.25) is 39.0 Å². The number of thiazole rings is 1. The van der Waals surface area contributed by atoms with Crippen LogP contribution in [0.2, 0.25) is 0 Å². The third-order valence-electron chi connectivity index (χ3n) is 6.68. The number of benzene rings is 2. The minimum absolute atomic E-state index is 0.177. The van der Waals surface area contributed by atoms with Crippen LogP contribution in [-0.2, 0) is 47.7 Å². The van der Waals surface area contributed by atoms with E-state index in [0.29, 0.717) is 21.3 Å². The molecule has 4 atom stereocenters. The lowest BCUT2D eigenvalue weighted by molar-refractivity contribution is -0.585. The molecule has 1 N–H and O–H groups in total. The van der Waals surface area contributed by atoms with Gasteiger partial charge in [-0.15, -0.1) is 0 Å². The van der Waals surface area contributed by atoms with Gasteiger partial charge in [-0.2, -0.15) is 4.57 Å². The van der Waals surface area contributed by atoms with Gasteiger partial charge in [0, 0.05) is 46.8 Å². The summed E-state index contributed by atoms with van der Waals surface area (Å²) in [5.74, 6) is -4.38. The number of nitrogens with zero attached hydrogens (tertiary/aromatic N) is 3. The van der Waals surface area contributed by atoms with Gasteiger partial charge in [-0.1, -0.05) is 30.3 Å². The summed E-state index contributed by atoms with van der Waals surface area (Å²) in [7, 11) is 1.58. The van der Waals surface area contributed by atoms with Crippen LogP contribution in [0.3, 0.4) is 0 Å². The quantitative estimate of drug-likeness (QED) is 0.0796. The van der Waals surface area contributed by atoms with Crippen molar-refractivity contribution >= 4 is 52.0 Å². The molecule has 0 aliphatic heterocycles. The van der Waals surface area contributed by atoms with Gasteiger partial charge in [0.15, 0.2) is 24.4 Å². The van der Waals surface area contributed by atoms with Gasteiger partial charge in [-0.05, 0) is 29.0 Å². The second kappa shape index (κ2) is 17.0. The molecule has 0 aliphatic carbocycles. The summed E-state index contributed by atoms with van der Waals surface area (Å²) in [6, 6.07) is 14.3.